The molecule has 0 aliphatic heterocycles. The first-order valence-electron chi connectivity index (χ1n) is 37.1. The predicted molar refractivity (Wildman–Crippen MR) is 362 cm³/mol. The molecule has 0 fully saturated rings. The Bertz CT molecular complexity index is 1430. The smallest absolute Gasteiger partial charge is 0.306 e. The van der Waals surface area contributed by atoms with E-state index in [0.717, 1.165) is 89.9 Å². The minimum absolute atomic E-state index is 0.0717. The van der Waals surface area contributed by atoms with Crippen molar-refractivity contribution >= 4 is 17.9 Å². The van der Waals surface area contributed by atoms with Crippen LogP contribution in [0.25, 0.3) is 0 Å². The van der Waals surface area contributed by atoms with Crippen LogP contribution in [0.5, 0.6) is 0 Å². The molecule has 1 unspecified atom stereocenters. The van der Waals surface area contributed by atoms with Gasteiger partial charge in [-0.15, -0.1) is 0 Å². The van der Waals surface area contributed by atoms with Crippen LogP contribution in [0.15, 0.2) is 48.6 Å². The van der Waals surface area contributed by atoms with Crippen LogP contribution in [0.2, 0.25) is 0 Å². The van der Waals surface area contributed by atoms with E-state index in [0.29, 0.717) is 19.3 Å². The molecule has 0 aliphatic rings. The fourth-order valence-electron chi connectivity index (χ4n) is 11.2. The first-order chi connectivity index (χ1) is 41.0. The Hall–Kier alpha value is -2.63. The van der Waals surface area contributed by atoms with Gasteiger partial charge < -0.3 is 14.2 Å². The Morgan fingerprint density at radius 2 is 0.458 bits per heavy atom. The number of hydrogen-bond acceptors (Lipinski definition) is 6. The lowest BCUT2D eigenvalue weighted by atomic mass is 10.0. The zero-order valence-electron chi connectivity index (χ0n) is 56.0. The quantitative estimate of drug-likeness (QED) is 0.0261. The van der Waals surface area contributed by atoms with E-state index in [1.165, 1.54) is 276 Å². The molecule has 0 N–H and O–H groups in total. The van der Waals surface area contributed by atoms with Gasteiger partial charge >= 0.3 is 17.9 Å². The number of esters is 3. The molecule has 0 amide bonds. The van der Waals surface area contributed by atoms with Gasteiger partial charge in [-0.1, -0.05) is 358 Å². The van der Waals surface area contributed by atoms with E-state index in [9.17, 15) is 14.4 Å². The highest BCUT2D eigenvalue weighted by atomic mass is 16.6. The van der Waals surface area contributed by atoms with Gasteiger partial charge in [-0.2, -0.15) is 0 Å². The van der Waals surface area contributed by atoms with Gasteiger partial charge in [0.1, 0.15) is 13.2 Å². The zero-order chi connectivity index (χ0) is 59.9. The lowest BCUT2D eigenvalue weighted by Gasteiger charge is -2.18. The highest BCUT2D eigenvalue weighted by molar-refractivity contribution is 5.71. The third-order valence-electron chi connectivity index (χ3n) is 16.8. The number of unbranched alkanes of at least 4 members (excludes halogenated alkanes) is 50. The van der Waals surface area contributed by atoms with Gasteiger partial charge in [-0.3, -0.25) is 14.4 Å². The molecule has 6 heteroatoms. The molecule has 0 heterocycles. The summed E-state index contributed by atoms with van der Waals surface area (Å²) in [6.07, 6.45) is 91.7. The SMILES string of the molecule is CCC/C=C\C/C=C\CCCCCCCC(=O)OCC(COC(=O)CCCCCCCCCCCCCCCCCCCCCCC/C=C\C/C=C\CCCCCCC)OC(=O)CCCCCCCCCCCCCCCCCCCCC. The van der Waals surface area contributed by atoms with E-state index in [4.69, 9.17) is 14.2 Å². The maximum absolute atomic E-state index is 12.9. The fourth-order valence-corrected chi connectivity index (χ4v) is 11.2. The van der Waals surface area contributed by atoms with Gasteiger partial charge in [-0.05, 0) is 77.0 Å². The maximum atomic E-state index is 12.9. The molecule has 0 aliphatic carbocycles. The first kappa shape index (κ1) is 80.4. The monoisotopic (exact) mass is 1160 g/mol. The fraction of sp³-hybridized carbons (Fsp3) is 0.857. The van der Waals surface area contributed by atoms with Crippen LogP contribution in [0.1, 0.15) is 406 Å². The molecule has 1 atom stereocenters. The molecule has 0 radical (unpaired) electrons. The molecule has 0 bridgehead atoms. The molecule has 6 nitrogen and oxygen atoms in total. The van der Waals surface area contributed by atoms with Crippen molar-refractivity contribution < 1.29 is 28.6 Å². The molecule has 0 aromatic rings. The van der Waals surface area contributed by atoms with Crippen LogP contribution in [-0.2, 0) is 28.6 Å². The molecule has 0 rings (SSSR count). The molecule has 0 saturated carbocycles. The van der Waals surface area contributed by atoms with Gasteiger partial charge in [0.05, 0.1) is 0 Å². The Kier molecular flexibility index (Phi) is 69.6. The van der Waals surface area contributed by atoms with Gasteiger partial charge in [-0.25, -0.2) is 0 Å². The van der Waals surface area contributed by atoms with Crippen molar-refractivity contribution in [3.05, 3.63) is 48.6 Å². The minimum atomic E-state index is -0.776. The molecular weight excluding hydrogens is 1020 g/mol. The van der Waals surface area contributed by atoms with E-state index < -0.39 is 6.10 Å². The minimum Gasteiger partial charge on any atom is -0.462 e. The van der Waals surface area contributed by atoms with Crippen molar-refractivity contribution in [1.29, 1.82) is 0 Å². The molecule has 0 aromatic carbocycles. The van der Waals surface area contributed by atoms with Crippen molar-refractivity contribution in [2.24, 2.45) is 0 Å². The van der Waals surface area contributed by atoms with Crippen molar-refractivity contribution in [3.63, 3.8) is 0 Å². The van der Waals surface area contributed by atoms with E-state index >= 15 is 0 Å². The lowest BCUT2D eigenvalue weighted by molar-refractivity contribution is -0.167. The van der Waals surface area contributed by atoms with Crippen molar-refractivity contribution in [2.75, 3.05) is 13.2 Å². The van der Waals surface area contributed by atoms with Crippen molar-refractivity contribution in [3.8, 4) is 0 Å². The molecule has 0 spiro atoms. The molecule has 0 aromatic heterocycles. The zero-order valence-corrected chi connectivity index (χ0v) is 56.0. The van der Waals surface area contributed by atoms with E-state index in [2.05, 4.69) is 69.4 Å². The summed E-state index contributed by atoms with van der Waals surface area (Å²) in [4.78, 5) is 38.4. The Labute approximate surface area is 518 Å². The lowest BCUT2D eigenvalue weighted by Crippen LogP contribution is -2.30. The van der Waals surface area contributed by atoms with E-state index in [-0.39, 0.29) is 31.1 Å². The van der Waals surface area contributed by atoms with Crippen LogP contribution < -0.4 is 0 Å². The van der Waals surface area contributed by atoms with E-state index in [1.807, 2.05) is 0 Å². The second kappa shape index (κ2) is 71.8. The number of rotatable bonds is 69. The Morgan fingerprint density at radius 1 is 0.241 bits per heavy atom. The van der Waals surface area contributed by atoms with Crippen LogP contribution in [0, 0.1) is 0 Å². The number of ether oxygens (including phenoxy) is 3. The number of hydrogen-bond donors (Lipinski definition) is 0. The van der Waals surface area contributed by atoms with Crippen molar-refractivity contribution in [2.45, 2.75) is 412 Å². The third kappa shape index (κ3) is 70.0. The van der Waals surface area contributed by atoms with E-state index in [1.54, 1.807) is 0 Å². The van der Waals surface area contributed by atoms with Gasteiger partial charge in [0.2, 0.25) is 0 Å². The summed E-state index contributed by atoms with van der Waals surface area (Å²) >= 11 is 0. The highest BCUT2D eigenvalue weighted by Gasteiger charge is 2.19. The summed E-state index contributed by atoms with van der Waals surface area (Å²) in [5, 5.41) is 0. The van der Waals surface area contributed by atoms with Crippen LogP contribution in [0.4, 0.5) is 0 Å². The van der Waals surface area contributed by atoms with Gasteiger partial charge in [0.25, 0.3) is 0 Å². The van der Waals surface area contributed by atoms with Crippen LogP contribution in [-0.4, -0.2) is 37.2 Å². The topological polar surface area (TPSA) is 78.9 Å². The Balaban J connectivity index is 4.12. The average molecular weight is 1160 g/mol. The summed E-state index contributed by atoms with van der Waals surface area (Å²) in [6, 6.07) is 0. The maximum Gasteiger partial charge on any atom is 0.306 e. The molecule has 486 valence electrons. The number of allylic oxidation sites excluding steroid dienone is 8. The summed E-state index contributed by atoms with van der Waals surface area (Å²) in [5.41, 5.74) is 0. The normalized spacial score (nSPS) is 12.3. The second-order valence-electron chi connectivity index (χ2n) is 25.2. The van der Waals surface area contributed by atoms with Crippen LogP contribution in [0.3, 0.4) is 0 Å². The third-order valence-corrected chi connectivity index (χ3v) is 16.8. The number of carbonyl (C=O) groups excluding carboxylic acids is 3. The summed E-state index contributed by atoms with van der Waals surface area (Å²) in [7, 11) is 0. The largest absolute Gasteiger partial charge is 0.462 e. The molecule has 0 saturated heterocycles. The summed E-state index contributed by atoms with van der Waals surface area (Å²) in [6.45, 7) is 6.63. The number of carbonyl (C=O) groups is 3. The average Bonchev–Trinajstić information content (AvgIpc) is 3.49. The summed E-state index contributed by atoms with van der Waals surface area (Å²) < 4.78 is 17.0. The predicted octanol–water partition coefficient (Wildman–Crippen LogP) is 25.7. The molecular formula is C77H142O6. The van der Waals surface area contributed by atoms with Gasteiger partial charge in [0.15, 0.2) is 6.10 Å². The van der Waals surface area contributed by atoms with Crippen molar-refractivity contribution in [1.82, 2.24) is 0 Å². The van der Waals surface area contributed by atoms with Gasteiger partial charge in [0, 0.05) is 19.3 Å². The summed E-state index contributed by atoms with van der Waals surface area (Å²) in [5.74, 6) is -0.857. The standard InChI is InChI=1S/C77H142O6/c1-4-7-10-13-16-19-22-25-27-29-31-32-33-34-35-36-37-38-39-40-41-42-43-44-46-47-49-52-55-58-61-64-67-70-76(79)82-73-74(72-81-75(78)69-66-63-60-57-54-51-24-21-18-15-12-9-6-3)83-77(80)71-68-65-62-59-56-53-50-48-45-30-28-26-23-20-17-14-11-8-5-2/h12,15,21-22,24-25,29,31,74H,4-11,13-14,16-20,23,26-28,30,32-73H2,1-3H3/b15-12-,24-21-,25-22-,31-29-. The second-order valence-corrected chi connectivity index (χ2v) is 25.2. The van der Waals surface area contributed by atoms with Crippen LogP contribution >= 0.6 is 0 Å². The highest BCUT2D eigenvalue weighted by Crippen LogP contribution is 2.19. The first-order valence-corrected chi connectivity index (χ1v) is 37.1. The Morgan fingerprint density at radius 3 is 0.711 bits per heavy atom. The molecule has 83 heavy (non-hydrogen) atoms.